The third-order valence-electron chi connectivity index (χ3n) is 5.73. The summed E-state index contributed by atoms with van der Waals surface area (Å²) < 4.78 is 0. The molecule has 2 aromatic heterocycles. The van der Waals surface area contributed by atoms with Gasteiger partial charge in [0.25, 0.3) is 23.2 Å². The maximum Gasteiger partial charge on any atom is 0.295 e. The molecule has 3 aromatic carbocycles. The monoisotopic (exact) mass is 542 g/mol. The van der Waals surface area contributed by atoms with Gasteiger partial charge in [0.2, 0.25) is 11.8 Å². The van der Waals surface area contributed by atoms with Crippen molar-refractivity contribution in [2.24, 2.45) is 20.5 Å². The second kappa shape index (κ2) is 9.86. The summed E-state index contributed by atoms with van der Waals surface area (Å²) in [5.74, 6) is -2.70. The molecular formula is C24H14N8O8. The average Bonchev–Trinajstić information content (AvgIpc) is 3.43. The van der Waals surface area contributed by atoms with Crippen LogP contribution in [0.5, 0.6) is 11.8 Å². The molecule has 0 bridgehead atoms. The van der Waals surface area contributed by atoms with E-state index in [2.05, 4.69) is 30.4 Å². The zero-order chi connectivity index (χ0) is 28.6. The minimum absolute atomic E-state index is 0.0688. The van der Waals surface area contributed by atoms with Gasteiger partial charge < -0.3 is 20.2 Å². The lowest BCUT2D eigenvalue weighted by Crippen LogP contribution is -1.99. The number of nitro benzene ring substituents is 2. The molecule has 0 aliphatic carbocycles. The second-order valence-corrected chi connectivity index (χ2v) is 8.21. The van der Waals surface area contributed by atoms with Crippen LogP contribution in [0.1, 0.15) is 20.7 Å². The van der Waals surface area contributed by atoms with E-state index < -0.39 is 33.4 Å². The molecule has 2 amide bonds. The fourth-order valence-corrected chi connectivity index (χ4v) is 3.82. The number of H-pyrrole nitrogens is 2. The molecule has 0 saturated carbocycles. The van der Waals surface area contributed by atoms with E-state index in [4.69, 9.17) is 0 Å². The lowest BCUT2D eigenvalue weighted by molar-refractivity contribution is -0.384. The number of azo groups is 2. The highest BCUT2D eigenvalue weighted by molar-refractivity contribution is 6.01. The van der Waals surface area contributed by atoms with Crippen molar-refractivity contribution in [1.82, 2.24) is 9.97 Å². The van der Waals surface area contributed by atoms with E-state index >= 15 is 0 Å². The molecule has 5 aromatic rings. The Balaban J connectivity index is 1.39. The van der Waals surface area contributed by atoms with Gasteiger partial charge >= 0.3 is 0 Å². The molecule has 40 heavy (non-hydrogen) atoms. The largest absolute Gasteiger partial charge is 0.493 e. The summed E-state index contributed by atoms with van der Waals surface area (Å²) in [4.78, 5) is 51.3. The first-order chi connectivity index (χ1) is 19.1. The van der Waals surface area contributed by atoms with Gasteiger partial charge in [0.1, 0.15) is 0 Å². The quantitative estimate of drug-likeness (QED) is 0.117. The normalized spacial score (nSPS) is 11.6. The Bertz CT molecular complexity index is 1800. The molecule has 0 saturated heterocycles. The zero-order valence-electron chi connectivity index (χ0n) is 19.8. The summed E-state index contributed by atoms with van der Waals surface area (Å²) in [6.07, 6.45) is 0. The van der Waals surface area contributed by atoms with Crippen molar-refractivity contribution in [3.8, 4) is 11.8 Å². The molecule has 0 unspecified atom stereocenters. The van der Waals surface area contributed by atoms with Crippen molar-refractivity contribution < 1.29 is 29.6 Å². The number of aromatic hydroxyl groups is 2. The first-order valence-corrected chi connectivity index (χ1v) is 11.1. The fraction of sp³-hybridized carbons (Fsp3) is 0. The predicted octanol–water partition coefficient (Wildman–Crippen LogP) is 5.73. The van der Waals surface area contributed by atoms with Gasteiger partial charge in [-0.25, -0.2) is 0 Å². The van der Waals surface area contributed by atoms with Gasteiger partial charge in [0, 0.05) is 46.2 Å². The van der Waals surface area contributed by atoms with E-state index in [1.54, 1.807) is 0 Å². The van der Waals surface area contributed by atoms with E-state index in [1.165, 1.54) is 60.7 Å². The van der Waals surface area contributed by atoms with E-state index in [9.17, 15) is 40.0 Å². The van der Waals surface area contributed by atoms with Crippen LogP contribution in [0.2, 0.25) is 0 Å². The van der Waals surface area contributed by atoms with Gasteiger partial charge in [-0.3, -0.25) is 29.8 Å². The lowest BCUT2D eigenvalue weighted by Gasteiger charge is -1.98. The van der Waals surface area contributed by atoms with Crippen molar-refractivity contribution in [2.45, 2.75) is 0 Å². The highest BCUT2D eigenvalue weighted by Gasteiger charge is 2.18. The molecule has 0 fully saturated rings. The molecule has 16 heteroatoms. The number of benzene rings is 3. The molecule has 5 rings (SSSR count). The molecule has 0 atom stereocenters. The van der Waals surface area contributed by atoms with Crippen LogP contribution in [-0.2, 0) is 0 Å². The molecule has 0 spiro atoms. The topological polar surface area (TPSA) is 242 Å². The molecule has 198 valence electrons. The van der Waals surface area contributed by atoms with Crippen molar-refractivity contribution in [2.75, 3.05) is 0 Å². The number of carbonyl (C=O) groups excluding carboxylic acids is 2. The van der Waals surface area contributed by atoms with Gasteiger partial charge in [-0.2, -0.15) is 0 Å². The SMILES string of the molecule is O=C(N=Nc1c(O)[nH]c2ccc([N+](=O)[O-])cc12)c1cccc(C(=O)N=Nc2c(O)[nH]c3ccc([N+](=O)[O-])cc23)c1. The first-order valence-electron chi connectivity index (χ1n) is 11.1. The molecule has 0 radical (unpaired) electrons. The van der Waals surface area contributed by atoms with Crippen LogP contribution >= 0.6 is 0 Å². The van der Waals surface area contributed by atoms with Crippen LogP contribution in [-0.4, -0.2) is 41.8 Å². The van der Waals surface area contributed by atoms with Crippen LogP contribution in [0.25, 0.3) is 21.8 Å². The second-order valence-electron chi connectivity index (χ2n) is 8.21. The van der Waals surface area contributed by atoms with Crippen molar-refractivity contribution in [1.29, 1.82) is 0 Å². The number of fused-ring (bicyclic) bond motifs is 2. The number of nitro groups is 2. The first kappa shape index (κ1) is 25.3. The summed E-state index contributed by atoms with van der Waals surface area (Å²) in [6.45, 7) is 0. The zero-order valence-corrected chi connectivity index (χ0v) is 19.8. The Kier molecular flexibility index (Phi) is 6.24. The Morgan fingerprint density at radius 1 is 0.675 bits per heavy atom. The molecule has 0 aliphatic heterocycles. The number of hydrogen-bond acceptors (Lipinski definition) is 10. The minimum atomic E-state index is -0.896. The number of aromatic nitrogens is 2. The summed E-state index contributed by atoms with van der Waals surface area (Å²) in [5, 5.41) is 57.3. The number of amides is 2. The highest BCUT2D eigenvalue weighted by atomic mass is 16.6. The number of nitrogens with one attached hydrogen (secondary N) is 2. The predicted molar refractivity (Wildman–Crippen MR) is 137 cm³/mol. The van der Waals surface area contributed by atoms with E-state index in [0.717, 1.165) is 0 Å². The number of hydrogen-bond donors (Lipinski definition) is 4. The number of nitrogens with zero attached hydrogens (tertiary/aromatic N) is 6. The van der Waals surface area contributed by atoms with Crippen molar-refractivity contribution in [3.05, 3.63) is 92.0 Å². The molecule has 2 heterocycles. The van der Waals surface area contributed by atoms with Crippen molar-refractivity contribution >= 4 is 56.4 Å². The number of non-ortho nitro benzene ring substituents is 2. The number of rotatable bonds is 6. The Morgan fingerprint density at radius 2 is 1.10 bits per heavy atom. The van der Waals surface area contributed by atoms with Gasteiger partial charge in [-0.15, -0.1) is 20.5 Å². The van der Waals surface area contributed by atoms with E-state index in [-0.39, 0.29) is 44.6 Å². The number of aromatic amines is 2. The fourth-order valence-electron chi connectivity index (χ4n) is 3.82. The molecule has 4 N–H and O–H groups in total. The smallest absolute Gasteiger partial charge is 0.295 e. The van der Waals surface area contributed by atoms with Gasteiger partial charge in [0.15, 0.2) is 11.4 Å². The van der Waals surface area contributed by atoms with Gasteiger partial charge in [-0.05, 0) is 30.3 Å². The highest BCUT2D eigenvalue weighted by Crippen LogP contribution is 2.38. The molecule has 16 nitrogen and oxygen atoms in total. The lowest BCUT2D eigenvalue weighted by atomic mass is 10.1. The Labute approximate surface area is 220 Å². The van der Waals surface area contributed by atoms with Crippen LogP contribution < -0.4 is 0 Å². The maximum absolute atomic E-state index is 12.6. The number of carbonyl (C=O) groups is 2. The van der Waals surface area contributed by atoms with Crippen LogP contribution in [0.4, 0.5) is 22.7 Å². The summed E-state index contributed by atoms with van der Waals surface area (Å²) in [6, 6.07) is 12.8. The Morgan fingerprint density at radius 3 is 1.50 bits per heavy atom. The van der Waals surface area contributed by atoms with Crippen LogP contribution in [0, 0.1) is 20.2 Å². The summed E-state index contributed by atoms with van der Waals surface area (Å²) in [5.41, 5.74) is -0.362. The van der Waals surface area contributed by atoms with E-state index in [1.807, 2.05) is 0 Å². The third-order valence-corrected chi connectivity index (χ3v) is 5.73. The minimum Gasteiger partial charge on any atom is -0.493 e. The standard InChI is InChI=1S/C24H14N8O8/c33-21(29-27-19-15-9-13(31(37)38)4-6-17(15)25-23(19)35)11-2-1-3-12(8-11)22(34)30-28-20-16-10-14(32(39)40)5-7-18(16)26-24(20)36/h1-10,25-26,35-36H. The van der Waals surface area contributed by atoms with E-state index in [0.29, 0.717) is 11.0 Å². The summed E-state index contributed by atoms with van der Waals surface area (Å²) in [7, 11) is 0. The maximum atomic E-state index is 12.6. The van der Waals surface area contributed by atoms with Crippen molar-refractivity contribution in [3.63, 3.8) is 0 Å². The van der Waals surface area contributed by atoms with Crippen LogP contribution in [0.15, 0.2) is 81.1 Å². The van der Waals surface area contributed by atoms with Crippen LogP contribution in [0.3, 0.4) is 0 Å². The third kappa shape index (κ3) is 4.70. The summed E-state index contributed by atoms with van der Waals surface area (Å²) >= 11 is 0. The molecule has 0 aliphatic rings. The van der Waals surface area contributed by atoms with Gasteiger partial charge in [-0.1, -0.05) is 6.07 Å². The molecular weight excluding hydrogens is 528 g/mol. The average molecular weight is 542 g/mol. The Hall–Kier alpha value is -6.32. The van der Waals surface area contributed by atoms with Gasteiger partial charge in [0.05, 0.1) is 20.9 Å².